The van der Waals surface area contributed by atoms with Crippen LogP contribution in [0.3, 0.4) is 0 Å². The average molecular weight is 435 g/mol. The third-order valence-corrected chi connectivity index (χ3v) is 6.39. The van der Waals surface area contributed by atoms with Crippen LogP contribution in [0.1, 0.15) is 29.8 Å². The molecule has 0 saturated heterocycles. The number of hydrogen-bond acceptors (Lipinski definition) is 3. The third kappa shape index (κ3) is 4.84. The molecule has 0 aliphatic carbocycles. The van der Waals surface area contributed by atoms with Crippen molar-refractivity contribution < 1.29 is 26.4 Å². The molecule has 1 N–H and O–H groups in total. The molecule has 0 spiro atoms. The number of hydrogen-bond donors (Lipinski definition) is 1. The first-order chi connectivity index (χ1) is 12.8. The molecule has 0 heterocycles. The summed E-state index contributed by atoms with van der Waals surface area (Å²) >= 11 is 5.56. The molecule has 0 fully saturated rings. The fraction of sp³-hybridized carbons (Fsp3) is 0.278. The smallest absolute Gasteiger partial charge is 0.322 e. The number of alkyl halides is 3. The number of sulfonamides is 1. The van der Waals surface area contributed by atoms with E-state index in [0.29, 0.717) is 6.07 Å². The topological polar surface area (TPSA) is 66.5 Å². The Morgan fingerprint density at radius 2 is 1.79 bits per heavy atom. The van der Waals surface area contributed by atoms with Crippen molar-refractivity contribution in [2.24, 2.45) is 0 Å². The molecule has 1 amide bonds. The van der Waals surface area contributed by atoms with Gasteiger partial charge in [-0.2, -0.15) is 17.5 Å². The quantitative estimate of drug-likeness (QED) is 0.745. The van der Waals surface area contributed by atoms with Gasteiger partial charge in [0.15, 0.2) is 0 Å². The number of rotatable bonds is 5. The van der Waals surface area contributed by atoms with Gasteiger partial charge in [-0.1, -0.05) is 17.7 Å². The highest BCUT2D eigenvalue weighted by molar-refractivity contribution is 7.89. The minimum Gasteiger partial charge on any atom is -0.322 e. The molecule has 0 radical (unpaired) electrons. The van der Waals surface area contributed by atoms with Gasteiger partial charge in [0, 0.05) is 24.3 Å². The first-order valence-corrected chi connectivity index (χ1v) is 9.92. The molecule has 28 heavy (non-hydrogen) atoms. The number of anilines is 1. The van der Waals surface area contributed by atoms with Crippen LogP contribution < -0.4 is 5.32 Å². The van der Waals surface area contributed by atoms with Gasteiger partial charge in [0.05, 0.1) is 15.5 Å². The number of nitrogens with one attached hydrogen (secondary N) is 1. The number of carbonyl (C=O) groups excluding carboxylic acids is 1. The maximum atomic E-state index is 12.9. The lowest BCUT2D eigenvalue weighted by Gasteiger charge is -2.21. The van der Waals surface area contributed by atoms with Crippen LogP contribution in [0.5, 0.6) is 0 Å². The highest BCUT2D eigenvalue weighted by Gasteiger charge is 2.33. The predicted molar refractivity (Wildman–Crippen MR) is 101 cm³/mol. The minimum absolute atomic E-state index is 0.0123. The Labute approximate surface area is 166 Å². The van der Waals surface area contributed by atoms with E-state index in [1.54, 1.807) is 13.8 Å². The predicted octanol–water partition coefficient (Wildman–Crippen LogP) is 4.64. The Morgan fingerprint density at radius 1 is 1.14 bits per heavy atom. The zero-order chi connectivity index (χ0) is 21.3. The molecule has 0 aliphatic heterocycles. The third-order valence-electron chi connectivity index (χ3n) is 4.03. The number of nitrogens with zero attached hydrogens (tertiary/aromatic N) is 1. The van der Waals surface area contributed by atoms with E-state index in [1.165, 1.54) is 37.4 Å². The van der Waals surface area contributed by atoms with Crippen LogP contribution >= 0.6 is 11.6 Å². The van der Waals surface area contributed by atoms with E-state index >= 15 is 0 Å². The Bertz CT molecular complexity index is 992. The van der Waals surface area contributed by atoms with Crippen molar-refractivity contribution in [3.05, 3.63) is 58.6 Å². The minimum atomic E-state index is -4.67. The zero-order valence-electron chi connectivity index (χ0n) is 15.2. The first kappa shape index (κ1) is 22.2. The van der Waals surface area contributed by atoms with Gasteiger partial charge in [-0.3, -0.25) is 4.79 Å². The molecule has 2 aromatic carbocycles. The monoisotopic (exact) mass is 434 g/mol. The van der Waals surface area contributed by atoms with Crippen molar-refractivity contribution in [1.29, 1.82) is 0 Å². The SMILES string of the molecule is CC(C)N(C)S(=O)(=O)c1cccc(C(=O)Nc2ccc(Cl)c(C(F)(F)F)c2)c1. The second-order valence-electron chi connectivity index (χ2n) is 6.29. The molecule has 0 aromatic heterocycles. The van der Waals surface area contributed by atoms with E-state index in [1.807, 2.05) is 0 Å². The Hall–Kier alpha value is -2.10. The normalized spacial score (nSPS) is 12.5. The molecule has 0 bridgehead atoms. The summed E-state index contributed by atoms with van der Waals surface area (Å²) in [5.74, 6) is -0.750. The molecular weight excluding hydrogens is 417 g/mol. The lowest BCUT2D eigenvalue weighted by molar-refractivity contribution is -0.137. The second kappa shape index (κ2) is 8.10. The van der Waals surface area contributed by atoms with Gasteiger partial charge in [0.1, 0.15) is 0 Å². The maximum absolute atomic E-state index is 12.9. The zero-order valence-corrected chi connectivity index (χ0v) is 16.8. The number of carbonyl (C=O) groups is 1. The fourth-order valence-electron chi connectivity index (χ4n) is 2.27. The summed E-state index contributed by atoms with van der Waals surface area (Å²) < 4.78 is 65.1. The maximum Gasteiger partial charge on any atom is 0.417 e. The summed E-state index contributed by atoms with van der Waals surface area (Å²) in [5.41, 5.74) is -1.21. The van der Waals surface area contributed by atoms with Gasteiger partial charge >= 0.3 is 6.18 Å². The van der Waals surface area contributed by atoms with Crippen LogP contribution in [-0.2, 0) is 16.2 Å². The molecule has 10 heteroatoms. The van der Waals surface area contributed by atoms with Gasteiger partial charge in [-0.05, 0) is 50.2 Å². The van der Waals surface area contributed by atoms with Crippen LogP contribution in [0, 0.1) is 0 Å². The summed E-state index contributed by atoms with van der Waals surface area (Å²) in [5, 5.41) is 1.83. The van der Waals surface area contributed by atoms with Crippen LogP contribution in [0.2, 0.25) is 5.02 Å². The van der Waals surface area contributed by atoms with Gasteiger partial charge in [-0.25, -0.2) is 8.42 Å². The Kier molecular flexibility index (Phi) is 6.42. The molecule has 152 valence electrons. The second-order valence-corrected chi connectivity index (χ2v) is 8.69. The van der Waals surface area contributed by atoms with Crippen molar-refractivity contribution >= 4 is 33.2 Å². The van der Waals surface area contributed by atoms with Gasteiger partial charge < -0.3 is 5.32 Å². The molecular formula is C18H18ClF3N2O3S. The summed E-state index contributed by atoms with van der Waals surface area (Å²) in [6.45, 7) is 3.40. The molecule has 0 aliphatic rings. The Balaban J connectivity index is 2.32. The summed E-state index contributed by atoms with van der Waals surface area (Å²) in [6, 6.07) is 7.94. The average Bonchev–Trinajstić information content (AvgIpc) is 2.61. The van der Waals surface area contributed by atoms with Crippen LogP contribution in [0.4, 0.5) is 18.9 Å². The van der Waals surface area contributed by atoms with Crippen LogP contribution in [0.15, 0.2) is 47.4 Å². The van der Waals surface area contributed by atoms with Crippen molar-refractivity contribution in [3.63, 3.8) is 0 Å². The van der Waals surface area contributed by atoms with Crippen molar-refractivity contribution in [2.45, 2.75) is 31.0 Å². The van der Waals surface area contributed by atoms with Gasteiger partial charge in [-0.15, -0.1) is 0 Å². The largest absolute Gasteiger partial charge is 0.417 e. The molecule has 0 unspecified atom stereocenters. The van der Waals surface area contributed by atoms with E-state index in [4.69, 9.17) is 11.6 Å². The van der Waals surface area contributed by atoms with Gasteiger partial charge in [0.25, 0.3) is 5.91 Å². The fourth-order valence-corrected chi connectivity index (χ4v) is 3.90. The van der Waals surface area contributed by atoms with Crippen LogP contribution in [-0.4, -0.2) is 31.7 Å². The molecule has 0 saturated carbocycles. The highest BCUT2D eigenvalue weighted by atomic mass is 35.5. The lowest BCUT2D eigenvalue weighted by atomic mass is 10.1. The summed E-state index contributed by atoms with van der Waals surface area (Å²) in [7, 11) is -2.40. The summed E-state index contributed by atoms with van der Waals surface area (Å²) in [6.07, 6.45) is -4.67. The standard InChI is InChI=1S/C18H18ClF3N2O3S/c1-11(2)24(3)28(26,27)14-6-4-5-12(9-14)17(25)23-13-7-8-16(19)15(10-13)18(20,21)22/h4-11H,1-3H3,(H,23,25). The van der Waals surface area contributed by atoms with E-state index in [0.717, 1.165) is 10.4 Å². The van der Waals surface area contributed by atoms with Crippen LogP contribution in [0.25, 0.3) is 0 Å². The van der Waals surface area contributed by atoms with E-state index in [9.17, 15) is 26.4 Å². The number of benzene rings is 2. The highest BCUT2D eigenvalue weighted by Crippen LogP contribution is 2.36. The molecule has 2 aromatic rings. The van der Waals surface area contributed by atoms with Gasteiger partial charge in [0.2, 0.25) is 10.0 Å². The van der Waals surface area contributed by atoms with E-state index in [2.05, 4.69) is 5.32 Å². The number of amides is 1. The first-order valence-electron chi connectivity index (χ1n) is 8.10. The molecule has 2 rings (SSSR count). The van der Waals surface area contributed by atoms with Crippen molar-refractivity contribution in [2.75, 3.05) is 12.4 Å². The van der Waals surface area contributed by atoms with E-state index in [-0.39, 0.29) is 22.2 Å². The molecule has 5 nitrogen and oxygen atoms in total. The Morgan fingerprint density at radius 3 is 2.36 bits per heavy atom. The van der Waals surface area contributed by atoms with Crippen molar-refractivity contribution in [1.82, 2.24) is 4.31 Å². The van der Waals surface area contributed by atoms with Crippen molar-refractivity contribution in [3.8, 4) is 0 Å². The molecule has 0 atom stereocenters. The summed E-state index contributed by atoms with van der Waals surface area (Å²) in [4.78, 5) is 12.3. The lowest BCUT2D eigenvalue weighted by Crippen LogP contribution is -2.33. The van der Waals surface area contributed by atoms with E-state index < -0.39 is 32.7 Å². The number of halogens is 4.